The Balaban J connectivity index is 0.000000172. The van der Waals surface area contributed by atoms with Crippen LogP contribution in [0.15, 0.2) is 54.6 Å². The van der Waals surface area contributed by atoms with Gasteiger partial charge in [0.15, 0.2) is 34.7 Å². The Morgan fingerprint density at radius 1 is 0.431 bits per heavy atom. The Kier molecular flexibility index (Phi) is 14.0. The summed E-state index contributed by atoms with van der Waals surface area (Å²) in [5.74, 6) is 2.37. The topological polar surface area (TPSA) is 27.7 Å². The molecular formula is C45H63F3O3. The predicted molar refractivity (Wildman–Crippen MR) is 204 cm³/mol. The monoisotopic (exact) mass is 708 g/mol. The van der Waals surface area contributed by atoms with Gasteiger partial charge in [0.1, 0.15) is 0 Å². The third kappa shape index (κ3) is 13.1. The van der Waals surface area contributed by atoms with Crippen molar-refractivity contribution < 1.29 is 27.4 Å². The molecule has 0 aliphatic heterocycles. The first-order chi connectivity index (χ1) is 23.9. The first-order valence-corrected chi connectivity index (χ1v) is 19.2. The van der Waals surface area contributed by atoms with Gasteiger partial charge in [-0.25, -0.2) is 13.2 Å². The smallest absolute Gasteiger partial charge is 0.165 e. The third-order valence-corrected chi connectivity index (χ3v) is 10.2. The van der Waals surface area contributed by atoms with Gasteiger partial charge in [-0.05, 0) is 126 Å². The molecule has 51 heavy (non-hydrogen) atoms. The molecule has 0 N–H and O–H groups in total. The molecule has 6 heteroatoms. The summed E-state index contributed by atoms with van der Waals surface area (Å²) in [6.07, 6.45) is 11.2. The Bertz CT molecular complexity index is 1530. The number of hydrogen-bond acceptors (Lipinski definition) is 3. The fourth-order valence-electron chi connectivity index (χ4n) is 6.00. The minimum absolute atomic E-state index is 0.0180. The largest absolute Gasteiger partial charge is 0.490 e. The number of hydrogen-bond donors (Lipinski definition) is 0. The second-order valence-corrected chi connectivity index (χ2v) is 18.0. The van der Waals surface area contributed by atoms with Gasteiger partial charge < -0.3 is 14.2 Å². The summed E-state index contributed by atoms with van der Waals surface area (Å²) in [4.78, 5) is 0. The van der Waals surface area contributed by atoms with Crippen LogP contribution in [-0.2, 0) is 16.2 Å². The summed E-state index contributed by atoms with van der Waals surface area (Å²) < 4.78 is 58.1. The lowest BCUT2D eigenvalue weighted by Gasteiger charge is -2.25. The zero-order valence-corrected chi connectivity index (χ0v) is 32.8. The number of rotatable bonds is 9. The highest BCUT2D eigenvalue weighted by Crippen LogP contribution is 2.33. The van der Waals surface area contributed by atoms with E-state index in [4.69, 9.17) is 14.2 Å². The molecule has 282 valence electrons. The van der Waals surface area contributed by atoms with E-state index in [9.17, 15) is 13.2 Å². The Hall–Kier alpha value is -3.15. The average molecular weight is 709 g/mol. The van der Waals surface area contributed by atoms with Gasteiger partial charge in [-0.3, -0.25) is 0 Å². The maximum atomic E-state index is 13.9. The van der Waals surface area contributed by atoms with Crippen molar-refractivity contribution in [2.45, 2.75) is 136 Å². The highest BCUT2D eigenvalue weighted by molar-refractivity contribution is 5.34. The first-order valence-electron chi connectivity index (χ1n) is 19.2. The van der Waals surface area contributed by atoms with Gasteiger partial charge in [0.2, 0.25) is 0 Å². The molecule has 3 nitrogen and oxygen atoms in total. The van der Waals surface area contributed by atoms with Crippen molar-refractivity contribution in [3.05, 3.63) is 88.7 Å². The van der Waals surface area contributed by atoms with Crippen molar-refractivity contribution in [1.29, 1.82) is 0 Å². The number of ether oxygens (including phenoxy) is 3. The summed E-state index contributed by atoms with van der Waals surface area (Å²) in [6, 6.07) is 15.9. The van der Waals surface area contributed by atoms with Crippen molar-refractivity contribution in [1.82, 2.24) is 0 Å². The molecular weight excluding hydrogens is 645 g/mol. The molecule has 3 aliphatic rings. The van der Waals surface area contributed by atoms with Gasteiger partial charge in [-0.15, -0.1) is 0 Å². The van der Waals surface area contributed by atoms with Crippen LogP contribution in [0.25, 0.3) is 0 Å². The van der Waals surface area contributed by atoms with Crippen molar-refractivity contribution in [3.63, 3.8) is 0 Å². The van der Waals surface area contributed by atoms with Gasteiger partial charge in [0, 0.05) is 0 Å². The van der Waals surface area contributed by atoms with Crippen LogP contribution in [0.3, 0.4) is 0 Å². The second kappa shape index (κ2) is 17.6. The van der Waals surface area contributed by atoms with E-state index in [1.165, 1.54) is 57.8 Å². The molecule has 0 atom stereocenters. The van der Waals surface area contributed by atoms with E-state index < -0.39 is 0 Å². The average Bonchev–Trinajstić information content (AvgIpc) is 3.70. The van der Waals surface area contributed by atoms with Crippen LogP contribution in [-0.4, -0.2) is 19.8 Å². The van der Waals surface area contributed by atoms with E-state index in [0.717, 1.165) is 16.7 Å². The predicted octanol–water partition coefficient (Wildman–Crippen LogP) is 12.9. The molecule has 0 unspecified atom stereocenters. The van der Waals surface area contributed by atoms with Crippen LogP contribution in [0.2, 0.25) is 0 Å². The van der Waals surface area contributed by atoms with E-state index in [1.807, 2.05) is 18.2 Å². The summed E-state index contributed by atoms with van der Waals surface area (Å²) >= 11 is 0. The van der Waals surface area contributed by atoms with Crippen molar-refractivity contribution in [2.75, 3.05) is 19.8 Å². The standard InChI is InChI=1S/C16H23FO.C15H21FO.C14H19FO/c1-16(2,3)13-8-9-15(14(17)10-13)18-11-12-6-4-5-7-12;1-15(2,3)12-7-8-14(13(16)9-12)17-10-11-5-4-6-11;1-14(2,3)11-6-7-13(12(15)8-11)16-9-10-4-5-10/h8-10,12H,4-7,11H2,1-3H3;7-9,11H,4-6,10H2,1-3H3;6-8,10H,4-5,9H2,1-3H3. The van der Waals surface area contributed by atoms with Gasteiger partial charge in [-0.2, -0.15) is 0 Å². The molecule has 6 rings (SSSR count). The Morgan fingerprint density at radius 3 is 0.922 bits per heavy atom. The minimum atomic E-state index is -0.243. The summed E-state index contributed by atoms with van der Waals surface area (Å²) in [5.41, 5.74) is 2.96. The maximum Gasteiger partial charge on any atom is 0.165 e. The lowest BCUT2D eigenvalue weighted by Crippen LogP contribution is -2.19. The quantitative estimate of drug-likeness (QED) is 0.221. The first kappa shape index (κ1) is 40.6. The fourth-order valence-corrected chi connectivity index (χ4v) is 6.00. The molecule has 3 aromatic carbocycles. The molecule has 0 bridgehead atoms. The van der Waals surface area contributed by atoms with Gasteiger partial charge in [-0.1, -0.05) is 99.8 Å². The van der Waals surface area contributed by atoms with Crippen molar-refractivity contribution >= 4 is 0 Å². The minimum Gasteiger partial charge on any atom is -0.490 e. The van der Waals surface area contributed by atoms with Crippen molar-refractivity contribution in [3.8, 4) is 17.2 Å². The second-order valence-electron chi connectivity index (χ2n) is 18.0. The van der Waals surface area contributed by atoms with E-state index >= 15 is 0 Å². The molecule has 3 aliphatic carbocycles. The van der Waals surface area contributed by atoms with E-state index in [2.05, 4.69) is 62.3 Å². The normalized spacial score (nSPS) is 16.7. The Labute approximate surface area is 306 Å². The molecule has 0 amide bonds. The van der Waals surface area contributed by atoms with E-state index in [1.54, 1.807) is 36.4 Å². The third-order valence-electron chi connectivity index (χ3n) is 10.2. The van der Waals surface area contributed by atoms with Crippen LogP contribution in [0.1, 0.15) is 137 Å². The lowest BCUT2D eigenvalue weighted by atomic mass is 9.86. The van der Waals surface area contributed by atoms with Crippen LogP contribution in [0.4, 0.5) is 13.2 Å². The lowest BCUT2D eigenvalue weighted by molar-refractivity contribution is 0.175. The van der Waals surface area contributed by atoms with Crippen LogP contribution in [0, 0.1) is 35.2 Å². The SMILES string of the molecule is CC(C)(C)c1ccc(OCC2CC2)c(F)c1.CC(C)(C)c1ccc(OCC2CCC2)c(F)c1.CC(C)(C)c1ccc(OCC2CCCC2)c(F)c1. The Morgan fingerprint density at radius 2 is 0.706 bits per heavy atom. The zero-order chi connectivity index (χ0) is 37.4. The summed E-state index contributed by atoms with van der Waals surface area (Å²) in [7, 11) is 0. The molecule has 0 spiro atoms. The van der Waals surface area contributed by atoms with Crippen LogP contribution < -0.4 is 14.2 Å². The fraction of sp³-hybridized carbons (Fsp3) is 0.600. The molecule has 0 heterocycles. The maximum absolute atomic E-state index is 13.9. The van der Waals surface area contributed by atoms with Crippen molar-refractivity contribution in [2.24, 2.45) is 17.8 Å². The molecule has 0 aromatic heterocycles. The molecule has 3 saturated carbocycles. The van der Waals surface area contributed by atoms with E-state index in [-0.39, 0.29) is 33.7 Å². The molecule has 3 aromatic rings. The van der Waals surface area contributed by atoms with Crippen LogP contribution >= 0.6 is 0 Å². The summed E-state index contributed by atoms with van der Waals surface area (Å²) in [5, 5.41) is 0. The summed E-state index contributed by atoms with van der Waals surface area (Å²) in [6.45, 7) is 20.7. The molecule has 0 saturated heterocycles. The highest BCUT2D eigenvalue weighted by Gasteiger charge is 2.24. The van der Waals surface area contributed by atoms with Gasteiger partial charge in [0.25, 0.3) is 0 Å². The highest BCUT2D eigenvalue weighted by atomic mass is 19.1. The number of halogens is 3. The molecule has 3 fully saturated rings. The van der Waals surface area contributed by atoms with Gasteiger partial charge in [0.05, 0.1) is 19.8 Å². The van der Waals surface area contributed by atoms with Crippen LogP contribution in [0.5, 0.6) is 17.2 Å². The van der Waals surface area contributed by atoms with E-state index in [0.29, 0.717) is 54.8 Å². The molecule has 0 radical (unpaired) electrons. The number of benzene rings is 3. The zero-order valence-electron chi connectivity index (χ0n) is 32.8. The van der Waals surface area contributed by atoms with Gasteiger partial charge >= 0.3 is 0 Å².